The van der Waals surface area contributed by atoms with E-state index in [1.54, 1.807) is 24.3 Å². The van der Waals surface area contributed by atoms with Gasteiger partial charge in [-0.1, -0.05) is 12.1 Å². The zero-order chi connectivity index (χ0) is 16.2. The normalized spacial score (nSPS) is 11.4. The molecule has 0 amide bonds. The molecule has 0 N–H and O–H groups in total. The summed E-state index contributed by atoms with van der Waals surface area (Å²) >= 11 is 0. The average molecular weight is 312 g/mol. The number of hydrogen-bond acceptors (Lipinski definition) is 3. The molecule has 1 rings (SSSR count). The topological polar surface area (TPSA) is 56.2 Å². The quantitative estimate of drug-likeness (QED) is 0.613. The molecule has 0 atom stereocenters. The Hall–Kier alpha value is -1.60. The highest BCUT2D eigenvalue weighted by molar-refractivity contribution is 7.89. The van der Waals surface area contributed by atoms with E-state index >= 15 is 0 Å². The van der Waals surface area contributed by atoms with Crippen LogP contribution >= 0.6 is 0 Å². The predicted octanol–water partition coefficient (Wildman–Crippen LogP) is 0.916. The fourth-order valence-corrected chi connectivity index (χ4v) is 2.72. The Morgan fingerprint density at radius 3 is 1.81 bits per heavy atom. The lowest BCUT2D eigenvalue weighted by Crippen LogP contribution is -2.35. The van der Waals surface area contributed by atoms with Crippen molar-refractivity contribution in [3.8, 4) is 0 Å². The molecule has 0 aliphatic rings. The monoisotopic (exact) mass is 312 g/mol. The lowest BCUT2D eigenvalue weighted by Gasteiger charge is -2.22. The summed E-state index contributed by atoms with van der Waals surface area (Å²) in [5.74, 6) is 0.861. The molecular weight excluding hydrogens is 288 g/mol. The Bertz CT molecular complexity index is 580. The molecule has 0 heterocycles. The second kappa shape index (κ2) is 6.91. The molecule has 0 aliphatic heterocycles. The number of aliphatic imine (C=N–C) groups is 1. The van der Waals surface area contributed by atoms with E-state index in [-0.39, 0.29) is 0 Å². The molecule has 0 aromatic heterocycles. The first-order valence-corrected chi connectivity index (χ1v) is 8.01. The van der Waals surface area contributed by atoms with Crippen molar-refractivity contribution in [1.82, 2.24) is 14.1 Å². The molecule has 0 fully saturated rings. The van der Waals surface area contributed by atoms with Crippen molar-refractivity contribution in [3.63, 3.8) is 0 Å². The van der Waals surface area contributed by atoms with E-state index in [1.165, 1.54) is 18.4 Å². The third-order valence-corrected chi connectivity index (χ3v) is 4.73. The van der Waals surface area contributed by atoms with Gasteiger partial charge in [0.25, 0.3) is 0 Å². The Kier molecular flexibility index (Phi) is 5.74. The van der Waals surface area contributed by atoms with Gasteiger partial charge in [-0.25, -0.2) is 17.7 Å². The van der Waals surface area contributed by atoms with E-state index in [1.807, 2.05) is 38.0 Å². The van der Waals surface area contributed by atoms with Gasteiger partial charge in [-0.15, -0.1) is 0 Å². The molecule has 6 nitrogen and oxygen atoms in total. The van der Waals surface area contributed by atoms with Gasteiger partial charge in [0.15, 0.2) is 5.96 Å². The van der Waals surface area contributed by atoms with Crippen LogP contribution in [0, 0.1) is 0 Å². The zero-order valence-electron chi connectivity index (χ0n) is 13.5. The molecule has 21 heavy (non-hydrogen) atoms. The number of benzene rings is 1. The highest BCUT2D eigenvalue weighted by Gasteiger charge is 2.16. The Labute approximate surface area is 127 Å². The number of hydrogen-bond donors (Lipinski definition) is 0. The largest absolute Gasteiger partial charge is 0.349 e. The van der Waals surface area contributed by atoms with E-state index < -0.39 is 10.0 Å². The number of guanidine groups is 1. The SMILES string of the molecule is CN(C)C(=NCc1ccc(S(=O)(=O)N(C)C)cc1)N(C)C. The highest BCUT2D eigenvalue weighted by atomic mass is 32.2. The summed E-state index contributed by atoms with van der Waals surface area (Å²) in [6.45, 7) is 0.508. The summed E-state index contributed by atoms with van der Waals surface area (Å²) in [6.07, 6.45) is 0. The minimum Gasteiger partial charge on any atom is -0.349 e. The molecule has 1 aromatic rings. The first kappa shape index (κ1) is 17.5. The second-order valence-corrected chi connectivity index (χ2v) is 7.49. The van der Waals surface area contributed by atoms with Crippen LogP contribution < -0.4 is 0 Å². The van der Waals surface area contributed by atoms with Crippen molar-refractivity contribution >= 4 is 16.0 Å². The average Bonchev–Trinajstić information content (AvgIpc) is 2.38. The molecule has 1 aromatic carbocycles. The van der Waals surface area contributed by atoms with Crippen molar-refractivity contribution in [3.05, 3.63) is 29.8 Å². The molecule has 0 saturated heterocycles. The summed E-state index contributed by atoms with van der Waals surface area (Å²) < 4.78 is 25.2. The fourth-order valence-electron chi connectivity index (χ4n) is 1.82. The van der Waals surface area contributed by atoms with Crippen LogP contribution in [-0.4, -0.2) is 70.8 Å². The van der Waals surface area contributed by atoms with E-state index in [9.17, 15) is 8.42 Å². The third kappa shape index (κ3) is 4.44. The molecule has 0 bridgehead atoms. The lowest BCUT2D eigenvalue weighted by molar-refractivity contribution is 0.479. The van der Waals surface area contributed by atoms with Crippen LogP contribution in [0.5, 0.6) is 0 Å². The molecule has 118 valence electrons. The number of nitrogens with zero attached hydrogens (tertiary/aromatic N) is 4. The van der Waals surface area contributed by atoms with Gasteiger partial charge in [-0.05, 0) is 17.7 Å². The maximum Gasteiger partial charge on any atom is 0.242 e. The minimum atomic E-state index is -3.37. The van der Waals surface area contributed by atoms with E-state index in [2.05, 4.69) is 4.99 Å². The Morgan fingerprint density at radius 1 is 0.952 bits per heavy atom. The van der Waals surface area contributed by atoms with Gasteiger partial charge in [0, 0.05) is 42.3 Å². The van der Waals surface area contributed by atoms with Gasteiger partial charge in [0.1, 0.15) is 0 Å². The lowest BCUT2D eigenvalue weighted by atomic mass is 10.2. The molecule has 0 radical (unpaired) electrons. The van der Waals surface area contributed by atoms with Gasteiger partial charge in [0.05, 0.1) is 11.4 Å². The summed E-state index contributed by atoms with van der Waals surface area (Å²) in [4.78, 5) is 8.69. The molecule has 0 unspecified atom stereocenters. The predicted molar refractivity (Wildman–Crippen MR) is 85.8 cm³/mol. The number of rotatable bonds is 4. The van der Waals surface area contributed by atoms with Crippen molar-refractivity contribution in [2.75, 3.05) is 42.3 Å². The molecule has 0 aliphatic carbocycles. The number of sulfonamides is 1. The van der Waals surface area contributed by atoms with Crippen LogP contribution in [-0.2, 0) is 16.6 Å². The Balaban J connectivity index is 2.92. The summed E-state index contributed by atoms with van der Waals surface area (Å²) in [7, 11) is 7.42. The van der Waals surface area contributed by atoms with E-state index in [4.69, 9.17) is 0 Å². The van der Waals surface area contributed by atoms with Crippen LogP contribution in [0.3, 0.4) is 0 Å². The standard InChI is InChI=1S/C14H24N4O2S/c1-16(2)14(17(3)4)15-11-12-7-9-13(10-8-12)21(19,20)18(5)6/h7-10H,11H2,1-6H3. The third-order valence-electron chi connectivity index (χ3n) is 2.90. The van der Waals surface area contributed by atoms with Gasteiger partial charge < -0.3 is 9.80 Å². The molecule has 0 spiro atoms. The molecular formula is C14H24N4O2S. The van der Waals surface area contributed by atoms with Crippen LogP contribution in [0.2, 0.25) is 0 Å². The smallest absolute Gasteiger partial charge is 0.242 e. The summed E-state index contributed by atoms with van der Waals surface area (Å²) in [5.41, 5.74) is 0.967. The van der Waals surface area contributed by atoms with Gasteiger partial charge in [-0.2, -0.15) is 0 Å². The second-order valence-electron chi connectivity index (χ2n) is 5.34. The summed E-state index contributed by atoms with van der Waals surface area (Å²) in [5, 5.41) is 0. The van der Waals surface area contributed by atoms with Gasteiger partial charge in [0.2, 0.25) is 10.0 Å². The van der Waals surface area contributed by atoms with E-state index in [0.717, 1.165) is 11.5 Å². The highest BCUT2D eigenvalue weighted by Crippen LogP contribution is 2.14. The zero-order valence-corrected chi connectivity index (χ0v) is 14.3. The maximum absolute atomic E-state index is 12.0. The van der Waals surface area contributed by atoms with E-state index in [0.29, 0.717) is 11.4 Å². The first-order chi connectivity index (χ1) is 9.66. The van der Waals surface area contributed by atoms with Crippen molar-refractivity contribution in [1.29, 1.82) is 0 Å². The first-order valence-electron chi connectivity index (χ1n) is 6.57. The maximum atomic E-state index is 12.0. The summed E-state index contributed by atoms with van der Waals surface area (Å²) in [6, 6.07) is 6.82. The van der Waals surface area contributed by atoms with Crippen molar-refractivity contribution < 1.29 is 8.42 Å². The minimum absolute atomic E-state index is 0.292. The van der Waals surface area contributed by atoms with Crippen LogP contribution in [0.15, 0.2) is 34.2 Å². The molecule has 0 saturated carbocycles. The van der Waals surface area contributed by atoms with Crippen molar-refractivity contribution in [2.24, 2.45) is 4.99 Å². The van der Waals surface area contributed by atoms with Gasteiger partial charge >= 0.3 is 0 Å². The van der Waals surface area contributed by atoms with Crippen LogP contribution in [0.25, 0.3) is 0 Å². The molecule has 7 heteroatoms. The fraction of sp³-hybridized carbons (Fsp3) is 0.500. The Morgan fingerprint density at radius 2 is 1.43 bits per heavy atom. The van der Waals surface area contributed by atoms with Crippen molar-refractivity contribution in [2.45, 2.75) is 11.4 Å². The van der Waals surface area contributed by atoms with Gasteiger partial charge in [-0.3, -0.25) is 0 Å². The van der Waals surface area contributed by atoms with Crippen LogP contribution in [0.1, 0.15) is 5.56 Å². The van der Waals surface area contributed by atoms with Crippen LogP contribution in [0.4, 0.5) is 0 Å².